The zero-order valence-corrected chi connectivity index (χ0v) is 10.6. The van der Waals surface area contributed by atoms with E-state index in [4.69, 9.17) is 0 Å². The molecule has 0 aliphatic rings. The summed E-state index contributed by atoms with van der Waals surface area (Å²) in [7, 11) is 0. The molecule has 0 aliphatic heterocycles. The minimum atomic E-state index is 0.0207. The van der Waals surface area contributed by atoms with Crippen molar-refractivity contribution < 1.29 is 4.79 Å². The maximum absolute atomic E-state index is 12.0. The quantitative estimate of drug-likeness (QED) is 0.724. The summed E-state index contributed by atoms with van der Waals surface area (Å²) in [5, 5.41) is 0.0207. The van der Waals surface area contributed by atoms with Gasteiger partial charge < -0.3 is 0 Å². The van der Waals surface area contributed by atoms with Gasteiger partial charge in [-0.05, 0) is 6.92 Å². The van der Waals surface area contributed by atoms with Crippen LogP contribution in [0.2, 0.25) is 0 Å². The van der Waals surface area contributed by atoms with Crippen molar-refractivity contribution in [3.05, 3.63) is 35.9 Å². The van der Waals surface area contributed by atoms with Gasteiger partial charge in [-0.15, -0.1) is 11.8 Å². The van der Waals surface area contributed by atoms with Crippen molar-refractivity contribution in [3.8, 4) is 0 Å². The third kappa shape index (κ3) is 4.08. The van der Waals surface area contributed by atoms with Gasteiger partial charge in [0.1, 0.15) is 0 Å². The Bertz CT molecular complexity index is 324. The topological polar surface area (TPSA) is 17.1 Å². The first-order chi connectivity index (χ1) is 6.90. The Hall–Kier alpha value is -0.760. The first-order valence-electron chi connectivity index (χ1n) is 5.17. The van der Waals surface area contributed by atoms with Crippen LogP contribution in [0.15, 0.2) is 30.3 Å². The van der Waals surface area contributed by atoms with Crippen LogP contribution in [0.4, 0.5) is 0 Å². The summed E-state index contributed by atoms with van der Waals surface area (Å²) in [6, 6.07) is 9.49. The Balaban J connectivity index is 2.70. The fourth-order valence-corrected chi connectivity index (χ4v) is 2.72. The van der Waals surface area contributed by atoms with Gasteiger partial charge in [-0.3, -0.25) is 4.79 Å². The van der Waals surface area contributed by atoms with E-state index in [1.807, 2.05) is 37.3 Å². The van der Waals surface area contributed by atoms with E-state index in [0.29, 0.717) is 0 Å². The van der Waals surface area contributed by atoms with Crippen molar-refractivity contribution in [2.75, 3.05) is 0 Å². The maximum atomic E-state index is 12.0. The van der Waals surface area contributed by atoms with Crippen LogP contribution in [0.5, 0.6) is 0 Å². The molecule has 0 saturated carbocycles. The van der Waals surface area contributed by atoms with E-state index in [1.165, 1.54) is 0 Å². The summed E-state index contributed by atoms with van der Waals surface area (Å²) in [5.41, 5.74) is 0.807. The fourth-order valence-electron chi connectivity index (χ4n) is 1.42. The van der Waals surface area contributed by atoms with E-state index in [1.54, 1.807) is 11.8 Å². The van der Waals surface area contributed by atoms with Crippen LogP contribution < -0.4 is 0 Å². The van der Waals surface area contributed by atoms with Gasteiger partial charge in [0.15, 0.2) is 5.78 Å². The number of rotatable bonds is 3. The van der Waals surface area contributed by atoms with Crippen LogP contribution in [0, 0.1) is 0 Å². The monoisotopic (exact) mass is 222 g/mol. The standard InChI is InChI=1S/C13H18OS/c1-10(15-13(2,3)4)12(14)11-8-6-5-7-9-11/h5-10H,1-4H3. The predicted octanol–water partition coefficient (Wildman–Crippen LogP) is 3.79. The van der Waals surface area contributed by atoms with Crippen molar-refractivity contribution >= 4 is 17.5 Å². The minimum absolute atomic E-state index is 0.0207. The molecule has 0 N–H and O–H groups in total. The molecule has 0 aliphatic carbocycles. The summed E-state index contributed by atoms with van der Waals surface area (Å²) < 4.78 is 0.129. The molecule has 0 radical (unpaired) electrons. The van der Waals surface area contributed by atoms with Gasteiger partial charge in [-0.25, -0.2) is 0 Å². The smallest absolute Gasteiger partial charge is 0.175 e. The number of Topliss-reactive ketones (excluding diaryl/α,β-unsaturated/α-hetero) is 1. The van der Waals surface area contributed by atoms with Gasteiger partial charge in [0.05, 0.1) is 5.25 Å². The van der Waals surface area contributed by atoms with Crippen LogP contribution >= 0.6 is 11.8 Å². The van der Waals surface area contributed by atoms with E-state index in [2.05, 4.69) is 20.8 Å². The van der Waals surface area contributed by atoms with Crippen molar-refractivity contribution in [2.45, 2.75) is 37.7 Å². The van der Waals surface area contributed by atoms with Gasteiger partial charge >= 0.3 is 0 Å². The Morgan fingerprint density at radius 3 is 2.20 bits per heavy atom. The van der Waals surface area contributed by atoms with Crippen molar-refractivity contribution in [1.29, 1.82) is 0 Å². The van der Waals surface area contributed by atoms with E-state index in [0.717, 1.165) is 5.56 Å². The molecule has 2 heteroatoms. The Kier molecular flexibility index (Phi) is 3.97. The van der Waals surface area contributed by atoms with Crippen molar-refractivity contribution in [1.82, 2.24) is 0 Å². The number of thioether (sulfide) groups is 1. The summed E-state index contributed by atoms with van der Waals surface area (Å²) in [5.74, 6) is 0.218. The lowest BCUT2D eigenvalue weighted by molar-refractivity contribution is 0.0993. The Morgan fingerprint density at radius 1 is 1.20 bits per heavy atom. The van der Waals surface area contributed by atoms with Gasteiger partial charge in [0, 0.05) is 10.3 Å². The second-order valence-electron chi connectivity index (χ2n) is 4.60. The zero-order valence-electron chi connectivity index (χ0n) is 9.78. The molecule has 1 unspecified atom stereocenters. The Morgan fingerprint density at radius 2 is 1.73 bits per heavy atom. The molecule has 1 aromatic carbocycles. The second-order valence-corrected chi connectivity index (χ2v) is 6.77. The molecular formula is C13H18OS. The third-order valence-electron chi connectivity index (χ3n) is 1.96. The number of hydrogen-bond donors (Lipinski definition) is 0. The summed E-state index contributed by atoms with van der Waals surface area (Å²) in [4.78, 5) is 12.0. The molecule has 1 atom stereocenters. The molecule has 15 heavy (non-hydrogen) atoms. The minimum Gasteiger partial charge on any atom is -0.293 e. The molecule has 0 aromatic heterocycles. The third-order valence-corrected chi connectivity index (χ3v) is 3.23. The maximum Gasteiger partial charge on any atom is 0.175 e. The van der Waals surface area contributed by atoms with Gasteiger partial charge in [0.25, 0.3) is 0 Å². The molecule has 0 fully saturated rings. The van der Waals surface area contributed by atoms with E-state index >= 15 is 0 Å². The molecule has 0 heterocycles. The highest BCUT2D eigenvalue weighted by Gasteiger charge is 2.21. The number of ketones is 1. The van der Waals surface area contributed by atoms with Crippen molar-refractivity contribution in [2.24, 2.45) is 0 Å². The zero-order chi connectivity index (χ0) is 11.5. The normalized spacial score (nSPS) is 13.6. The second kappa shape index (κ2) is 4.84. The van der Waals surface area contributed by atoms with Crippen LogP contribution in [0.3, 0.4) is 0 Å². The first-order valence-corrected chi connectivity index (χ1v) is 6.05. The lowest BCUT2D eigenvalue weighted by Gasteiger charge is -2.22. The number of benzene rings is 1. The van der Waals surface area contributed by atoms with Crippen molar-refractivity contribution in [3.63, 3.8) is 0 Å². The summed E-state index contributed by atoms with van der Waals surface area (Å²) in [6.07, 6.45) is 0. The van der Waals surface area contributed by atoms with Crippen LogP contribution in [0.25, 0.3) is 0 Å². The lowest BCUT2D eigenvalue weighted by Crippen LogP contribution is -2.20. The molecule has 1 aromatic rings. The lowest BCUT2D eigenvalue weighted by atomic mass is 10.1. The number of hydrogen-bond acceptors (Lipinski definition) is 2. The molecule has 1 nitrogen and oxygen atoms in total. The Labute approximate surface area is 96.3 Å². The van der Waals surface area contributed by atoms with Crippen LogP contribution in [-0.4, -0.2) is 15.8 Å². The largest absolute Gasteiger partial charge is 0.293 e. The highest BCUT2D eigenvalue weighted by atomic mass is 32.2. The van der Waals surface area contributed by atoms with E-state index in [-0.39, 0.29) is 15.8 Å². The average molecular weight is 222 g/mol. The molecule has 0 bridgehead atoms. The highest BCUT2D eigenvalue weighted by molar-refractivity contribution is 8.01. The summed E-state index contributed by atoms with van der Waals surface area (Å²) in [6.45, 7) is 8.37. The number of carbonyl (C=O) groups is 1. The number of carbonyl (C=O) groups excluding carboxylic acids is 1. The average Bonchev–Trinajstić information content (AvgIpc) is 2.15. The SMILES string of the molecule is CC(SC(C)(C)C)C(=O)c1ccccc1. The van der Waals surface area contributed by atoms with Gasteiger partial charge in [0.2, 0.25) is 0 Å². The molecule has 1 rings (SSSR count). The van der Waals surface area contributed by atoms with E-state index in [9.17, 15) is 4.79 Å². The van der Waals surface area contributed by atoms with Crippen LogP contribution in [0.1, 0.15) is 38.1 Å². The molecule has 82 valence electrons. The van der Waals surface area contributed by atoms with Gasteiger partial charge in [-0.1, -0.05) is 51.1 Å². The molecule has 0 spiro atoms. The molecule has 0 saturated heterocycles. The highest BCUT2D eigenvalue weighted by Crippen LogP contribution is 2.29. The first kappa shape index (κ1) is 12.3. The summed E-state index contributed by atoms with van der Waals surface area (Å²) >= 11 is 1.71. The van der Waals surface area contributed by atoms with Crippen LogP contribution in [-0.2, 0) is 0 Å². The predicted molar refractivity (Wildman–Crippen MR) is 67.6 cm³/mol. The molecule has 0 amide bonds. The fraction of sp³-hybridized carbons (Fsp3) is 0.462. The van der Waals surface area contributed by atoms with Gasteiger partial charge in [-0.2, -0.15) is 0 Å². The van der Waals surface area contributed by atoms with E-state index < -0.39 is 0 Å². The molecular weight excluding hydrogens is 204 g/mol.